The number of anilines is 1. The summed E-state index contributed by atoms with van der Waals surface area (Å²) < 4.78 is 43.5. The third kappa shape index (κ3) is 6.37. The Morgan fingerprint density at radius 3 is 2.21 bits per heavy atom. The van der Waals surface area contributed by atoms with Gasteiger partial charge in [0, 0.05) is 17.7 Å². The van der Waals surface area contributed by atoms with Gasteiger partial charge in [-0.3, -0.25) is 19.2 Å². The lowest BCUT2D eigenvalue weighted by atomic mass is 10.2. The average molecular weight is 543 g/mol. The highest BCUT2D eigenvalue weighted by Crippen LogP contribution is 2.34. The molecule has 38 heavy (non-hydrogen) atoms. The van der Waals surface area contributed by atoms with Crippen molar-refractivity contribution in [3.8, 4) is 17.2 Å². The van der Waals surface area contributed by atoms with E-state index in [9.17, 15) is 23.3 Å². The molecule has 3 rings (SSSR count). The molecule has 0 radical (unpaired) electrons. The average Bonchev–Trinajstić information content (AvgIpc) is 2.91. The van der Waals surface area contributed by atoms with Gasteiger partial charge < -0.3 is 14.2 Å². The van der Waals surface area contributed by atoms with Gasteiger partial charge in [-0.1, -0.05) is 17.7 Å². The van der Waals surface area contributed by atoms with Crippen molar-refractivity contribution in [2.45, 2.75) is 11.8 Å². The largest absolute Gasteiger partial charge is 0.493 e. The number of nitrogens with one attached hydrogen (secondary N) is 1. The van der Waals surface area contributed by atoms with Crippen LogP contribution in [0.4, 0.5) is 11.4 Å². The number of aryl methyl sites for hydroxylation is 1. The van der Waals surface area contributed by atoms with Gasteiger partial charge >= 0.3 is 5.69 Å². The van der Waals surface area contributed by atoms with E-state index in [1.165, 1.54) is 76.1 Å². The fourth-order valence-corrected chi connectivity index (χ4v) is 4.82. The van der Waals surface area contributed by atoms with Crippen LogP contribution in [0.3, 0.4) is 0 Å². The summed E-state index contributed by atoms with van der Waals surface area (Å²) in [6, 6.07) is 14.8. The quantitative estimate of drug-likeness (QED) is 0.220. The van der Waals surface area contributed by atoms with Crippen molar-refractivity contribution in [2.24, 2.45) is 5.10 Å². The van der Waals surface area contributed by atoms with Crippen LogP contribution in [0.1, 0.15) is 11.1 Å². The van der Waals surface area contributed by atoms with Gasteiger partial charge in [0.05, 0.1) is 43.1 Å². The molecule has 1 N–H and O–H groups in total. The molecule has 0 aromatic heterocycles. The molecule has 13 heteroatoms. The molecule has 0 spiro atoms. The number of sulfonamides is 1. The second-order valence-electron chi connectivity index (χ2n) is 7.85. The number of carbonyl (C=O) groups excluding carboxylic acids is 1. The van der Waals surface area contributed by atoms with Gasteiger partial charge in [-0.2, -0.15) is 5.10 Å². The number of amides is 1. The molecule has 0 bridgehead atoms. The third-order valence-corrected chi connectivity index (χ3v) is 7.14. The van der Waals surface area contributed by atoms with Crippen molar-refractivity contribution in [1.82, 2.24) is 5.43 Å². The second-order valence-corrected chi connectivity index (χ2v) is 9.71. The van der Waals surface area contributed by atoms with Crippen molar-refractivity contribution in [3.05, 3.63) is 81.9 Å². The Balaban J connectivity index is 1.89. The van der Waals surface area contributed by atoms with Crippen molar-refractivity contribution in [1.29, 1.82) is 0 Å². The summed E-state index contributed by atoms with van der Waals surface area (Å²) in [5.74, 6) is -0.0296. The zero-order chi connectivity index (χ0) is 27.9. The summed E-state index contributed by atoms with van der Waals surface area (Å²) in [6.45, 7) is 1.21. The number of ether oxygens (including phenoxy) is 3. The van der Waals surface area contributed by atoms with Crippen molar-refractivity contribution in [2.75, 3.05) is 32.2 Å². The van der Waals surface area contributed by atoms with Gasteiger partial charge in [0.15, 0.2) is 17.2 Å². The summed E-state index contributed by atoms with van der Waals surface area (Å²) in [7, 11) is -0.0107. The minimum Gasteiger partial charge on any atom is -0.493 e. The standard InChI is InChI=1S/C25H26N4O8S/c1-17-5-9-20(10-6-17)38(33,34)28(19-8-12-23(36-3)24(14-19)37-4)16-25(30)27-26-15-18-7-11-22(35-2)21(13-18)29(31)32/h5-15H,16H2,1-4H3,(H,27,30)/b26-15-. The Hall–Kier alpha value is -4.65. The van der Waals surface area contributed by atoms with Crippen LogP contribution < -0.4 is 23.9 Å². The third-order valence-electron chi connectivity index (χ3n) is 5.35. The van der Waals surface area contributed by atoms with Crippen molar-refractivity contribution in [3.63, 3.8) is 0 Å². The first kappa shape index (κ1) is 27.9. The molecule has 0 fully saturated rings. The number of hydrazone groups is 1. The SMILES string of the molecule is COc1ccc(N(CC(=O)N/N=C\c2ccc(OC)c([N+](=O)[O-])c2)S(=O)(=O)c2ccc(C)cc2)cc1OC. The lowest BCUT2D eigenvalue weighted by Crippen LogP contribution is -2.39. The Morgan fingerprint density at radius 2 is 1.61 bits per heavy atom. The number of benzene rings is 3. The summed E-state index contributed by atoms with van der Waals surface area (Å²) in [6.07, 6.45) is 1.19. The van der Waals surface area contributed by atoms with Gasteiger partial charge in [0.2, 0.25) is 0 Å². The fraction of sp³-hybridized carbons (Fsp3) is 0.200. The number of nitro groups is 1. The van der Waals surface area contributed by atoms with Crippen LogP contribution in [0.5, 0.6) is 17.2 Å². The van der Waals surface area contributed by atoms with E-state index < -0.39 is 27.4 Å². The fourth-order valence-electron chi connectivity index (χ4n) is 3.41. The minimum atomic E-state index is -4.18. The molecule has 0 aliphatic heterocycles. The highest BCUT2D eigenvalue weighted by Gasteiger charge is 2.28. The maximum atomic E-state index is 13.6. The summed E-state index contributed by atoms with van der Waals surface area (Å²) in [5.41, 5.74) is 3.34. The van der Waals surface area contributed by atoms with E-state index in [0.717, 1.165) is 9.87 Å². The Morgan fingerprint density at radius 1 is 0.974 bits per heavy atom. The van der Waals surface area contributed by atoms with E-state index >= 15 is 0 Å². The summed E-state index contributed by atoms with van der Waals surface area (Å²) in [5, 5.41) is 15.0. The minimum absolute atomic E-state index is 0.0141. The van der Waals surface area contributed by atoms with Gasteiger partial charge in [-0.05, 0) is 43.3 Å². The highest BCUT2D eigenvalue weighted by atomic mass is 32.2. The van der Waals surface area contributed by atoms with Gasteiger partial charge in [0.1, 0.15) is 6.54 Å². The van der Waals surface area contributed by atoms with Gasteiger partial charge in [0.25, 0.3) is 15.9 Å². The first-order valence-electron chi connectivity index (χ1n) is 11.1. The van der Waals surface area contributed by atoms with Gasteiger partial charge in [-0.15, -0.1) is 0 Å². The zero-order valence-corrected chi connectivity index (χ0v) is 21.9. The van der Waals surface area contributed by atoms with Crippen molar-refractivity contribution >= 4 is 33.5 Å². The smallest absolute Gasteiger partial charge is 0.311 e. The molecule has 200 valence electrons. The zero-order valence-electron chi connectivity index (χ0n) is 21.1. The van der Waals surface area contributed by atoms with Crippen LogP contribution in [0, 0.1) is 17.0 Å². The molecular formula is C25H26N4O8S. The Bertz CT molecular complexity index is 1460. The maximum Gasteiger partial charge on any atom is 0.311 e. The molecular weight excluding hydrogens is 516 g/mol. The number of rotatable bonds is 11. The molecule has 0 aliphatic carbocycles. The molecule has 3 aromatic carbocycles. The molecule has 0 heterocycles. The number of methoxy groups -OCH3 is 3. The Kier molecular flexibility index (Phi) is 8.86. The first-order valence-corrected chi connectivity index (χ1v) is 12.5. The monoisotopic (exact) mass is 542 g/mol. The molecule has 0 aliphatic rings. The number of nitro benzene ring substituents is 1. The normalized spacial score (nSPS) is 11.2. The molecule has 0 saturated heterocycles. The molecule has 0 unspecified atom stereocenters. The van der Waals surface area contributed by atoms with E-state index in [0.29, 0.717) is 11.3 Å². The molecule has 0 atom stereocenters. The molecule has 0 saturated carbocycles. The van der Waals surface area contributed by atoms with E-state index in [-0.39, 0.29) is 27.8 Å². The molecule has 3 aromatic rings. The van der Waals surface area contributed by atoms with Crippen LogP contribution in [0.2, 0.25) is 0 Å². The topological polar surface area (TPSA) is 150 Å². The van der Waals surface area contributed by atoms with Crippen LogP contribution >= 0.6 is 0 Å². The summed E-state index contributed by atoms with van der Waals surface area (Å²) in [4.78, 5) is 23.4. The maximum absolute atomic E-state index is 13.6. The molecule has 12 nitrogen and oxygen atoms in total. The van der Waals surface area contributed by atoms with Crippen LogP contribution in [0.15, 0.2) is 70.7 Å². The lowest BCUT2D eigenvalue weighted by Gasteiger charge is -2.24. The van der Waals surface area contributed by atoms with E-state index in [1.54, 1.807) is 12.1 Å². The first-order chi connectivity index (χ1) is 18.1. The van der Waals surface area contributed by atoms with Crippen molar-refractivity contribution < 1.29 is 32.3 Å². The molecule has 1 amide bonds. The second kappa shape index (κ2) is 12.1. The van der Waals surface area contributed by atoms with Gasteiger partial charge in [-0.25, -0.2) is 13.8 Å². The predicted molar refractivity (Wildman–Crippen MR) is 141 cm³/mol. The highest BCUT2D eigenvalue weighted by molar-refractivity contribution is 7.92. The van der Waals surface area contributed by atoms with Crippen LogP contribution in [-0.2, 0) is 14.8 Å². The van der Waals surface area contributed by atoms with E-state index in [2.05, 4.69) is 10.5 Å². The Labute approximate surface area is 219 Å². The van der Waals surface area contributed by atoms with Crippen LogP contribution in [-0.4, -0.2) is 53.3 Å². The number of hydrogen-bond acceptors (Lipinski definition) is 9. The van der Waals surface area contributed by atoms with E-state index in [1.807, 2.05) is 6.92 Å². The lowest BCUT2D eigenvalue weighted by molar-refractivity contribution is -0.385. The number of hydrogen-bond donors (Lipinski definition) is 1. The van der Waals surface area contributed by atoms with E-state index in [4.69, 9.17) is 14.2 Å². The summed E-state index contributed by atoms with van der Waals surface area (Å²) >= 11 is 0. The predicted octanol–water partition coefficient (Wildman–Crippen LogP) is 3.27. The number of nitrogens with zero attached hydrogens (tertiary/aromatic N) is 3. The number of carbonyl (C=O) groups is 1. The van der Waals surface area contributed by atoms with Crippen LogP contribution in [0.25, 0.3) is 0 Å².